The molecule has 0 radical (unpaired) electrons. The molecule has 1 fully saturated rings. The number of hydrogen-bond acceptors (Lipinski definition) is 5. The maximum absolute atomic E-state index is 12.6. The van der Waals surface area contributed by atoms with Crippen molar-refractivity contribution in [1.29, 1.82) is 0 Å². The predicted molar refractivity (Wildman–Crippen MR) is 105 cm³/mol. The van der Waals surface area contributed by atoms with Crippen LogP contribution in [0.5, 0.6) is 0 Å². The van der Waals surface area contributed by atoms with Crippen molar-refractivity contribution in [1.82, 2.24) is 10.3 Å². The van der Waals surface area contributed by atoms with Gasteiger partial charge in [0.2, 0.25) is 0 Å². The molecule has 1 aromatic heterocycles. The third-order valence-electron chi connectivity index (χ3n) is 5.81. The van der Waals surface area contributed by atoms with E-state index in [4.69, 9.17) is 9.47 Å². The lowest BCUT2D eigenvalue weighted by Gasteiger charge is -2.35. The van der Waals surface area contributed by atoms with Crippen molar-refractivity contribution in [3.8, 4) is 0 Å². The van der Waals surface area contributed by atoms with Gasteiger partial charge in [-0.1, -0.05) is 26.7 Å². The van der Waals surface area contributed by atoms with E-state index in [2.05, 4.69) is 24.1 Å². The minimum absolute atomic E-state index is 0.101. The summed E-state index contributed by atoms with van der Waals surface area (Å²) in [5.74, 6) is -0.496. The van der Waals surface area contributed by atoms with Crippen molar-refractivity contribution < 1.29 is 23.9 Å². The monoisotopic (exact) mass is 392 g/mol. The number of aromatic amines is 1. The van der Waals surface area contributed by atoms with E-state index in [1.165, 1.54) is 6.42 Å². The third-order valence-corrected chi connectivity index (χ3v) is 5.81. The van der Waals surface area contributed by atoms with E-state index in [1.807, 2.05) is 0 Å². The van der Waals surface area contributed by atoms with Crippen LogP contribution in [-0.4, -0.2) is 41.6 Å². The molecule has 1 saturated carbocycles. The summed E-state index contributed by atoms with van der Waals surface area (Å²) in [6.45, 7) is 11.2. The number of ether oxygens (including phenoxy) is 2. The van der Waals surface area contributed by atoms with Crippen LogP contribution in [0.1, 0.15) is 79.1 Å². The van der Waals surface area contributed by atoms with Gasteiger partial charge in [-0.25, -0.2) is 9.59 Å². The van der Waals surface area contributed by atoms with Crippen LogP contribution in [0.2, 0.25) is 0 Å². The van der Waals surface area contributed by atoms with Gasteiger partial charge in [-0.15, -0.1) is 0 Å². The predicted octanol–water partition coefficient (Wildman–Crippen LogP) is 3.29. The maximum atomic E-state index is 12.6. The molecule has 1 aliphatic rings. The zero-order chi connectivity index (χ0) is 21.0. The number of carbonyl (C=O) groups is 3. The fraction of sp³-hybridized carbons (Fsp3) is 0.667. The molecule has 4 atom stereocenters. The Morgan fingerprint density at radius 3 is 2.50 bits per heavy atom. The Morgan fingerprint density at radius 2 is 1.86 bits per heavy atom. The number of nitrogens with one attached hydrogen (secondary N) is 2. The molecule has 2 rings (SSSR count). The van der Waals surface area contributed by atoms with Crippen LogP contribution in [-0.2, 0) is 14.3 Å². The zero-order valence-corrected chi connectivity index (χ0v) is 17.7. The highest BCUT2D eigenvalue weighted by Crippen LogP contribution is 2.29. The number of H-pyrrole nitrogens is 1. The summed E-state index contributed by atoms with van der Waals surface area (Å²) in [4.78, 5) is 40.0. The molecule has 7 nitrogen and oxygen atoms in total. The van der Waals surface area contributed by atoms with Crippen molar-refractivity contribution in [2.45, 2.75) is 73.0 Å². The molecular formula is C21H32N2O5. The summed E-state index contributed by atoms with van der Waals surface area (Å²) in [7, 11) is 0. The fourth-order valence-electron chi connectivity index (χ4n) is 3.82. The average molecular weight is 392 g/mol. The van der Waals surface area contributed by atoms with Crippen LogP contribution in [0.4, 0.5) is 0 Å². The molecule has 1 heterocycles. The van der Waals surface area contributed by atoms with E-state index in [1.54, 1.807) is 27.7 Å². The summed E-state index contributed by atoms with van der Waals surface area (Å²) in [6.07, 6.45) is 2.28. The van der Waals surface area contributed by atoms with Gasteiger partial charge < -0.3 is 19.8 Å². The summed E-state index contributed by atoms with van der Waals surface area (Å²) in [6, 6.07) is 0.101. The van der Waals surface area contributed by atoms with Crippen molar-refractivity contribution in [2.24, 2.45) is 11.8 Å². The normalized spacial score (nSPS) is 23.0. The Kier molecular flexibility index (Phi) is 7.27. The highest BCUT2D eigenvalue weighted by atomic mass is 16.5. The number of esters is 2. The van der Waals surface area contributed by atoms with Crippen LogP contribution in [0, 0.1) is 25.7 Å². The second-order valence-corrected chi connectivity index (χ2v) is 7.78. The molecule has 1 aromatic rings. The van der Waals surface area contributed by atoms with E-state index >= 15 is 0 Å². The van der Waals surface area contributed by atoms with Crippen LogP contribution >= 0.6 is 0 Å². The summed E-state index contributed by atoms with van der Waals surface area (Å²) >= 11 is 0. The van der Waals surface area contributed by atoms with E-state index < -0.39 is 18.0 Å². The quantitative estimate of drug-likeness (QED) is 0.724. The first-order valence-electron chi connectivity index (χ1n) is 10.0. The standard InChI is InChI=1S/C21H32N2O5/c1-7-27-21(26)18-13(4)17(14(5)22-18)20(25)28-15(6)19(24)23-16-10-8-9-11(2)12(16)3/h11-12,15-16,22H,7-10H2,1-6H3,(H,23,24)/t11-,12+,15+,16+/m0/s1. The van der Waals surface area contributed by atoms with Crippen molar-refractivity contribution >= 4 is 17.8 Å². The lowest BCUT2D eigenvalue weighted by Crippen LogP contribution is -2.47. The number of hydrogen-bond donors (Lipinski definition) is 2. The van der Waals surface area contributed by atoms with E-state index in [9.17, 15) is 14.4 Å². The number of rotatable bonds is 6. The van der Waals surface area contributed by atoms with E-state index in [0.29, 0.717) is 23.1 Å². The maximum Gasteiger partial charge on any atom is 0.355 e. The fourth-order valence-corrected chi connectivity index (χ4v) is 3.82. The van der Waals surface area contributed by atoms with Gasteiger partial charge in [0, 0.05) is 11.7 Å². The summed E-state index contributed by atoms with van der Waals surface area (Å²) in [5, 5.41) is 3.03. The summed E-state index contributed by atoms with van der Waals surface area (Å²) in [5.41, 5.74) is 1.46. The Morgan fingerprint density at radius 1 is 1.18 bits per heavy atom. The largest absolute Gasteiger partial charge is 0.461 e. The molecule has 1 aliphatic carbocycles. The Balaban J connectivity index is 2.04. The van der Waals surface area contributed by atoms with Crippen molar-refractivity contribution in [3.05, 3.63) is 22.5 Å². The van der Waals surface area contributed by atoms with Crippen molar-refractivity contribution in [3.63, 3.8) is 0 Å². The Labute approximate surface area is 166 Å². The number of amides is 1. The molecule has 28 heavy (non-hydrogen) atoms. The van der Waals surface area contributed by atoms with Crippen LogP contribution in [0.15, 0.2) is 0 Å². The van der Waals surface area contributed by atoms with Gasteiger partial charge >= 0.3 is 11.9 Å². The highest BCUT2D eigenvalue weighted by Gasteiger charge is 2.31. The molecule has 0 spiro atoms. The SMILES string of the molecule is CCOC(=O)c1[nH]c(C)c(C(=O)O[C@H](C)C(=O)N[C@@H]2CCC[C@H](C)[C@H]2C)c1C. The van der Waals surface area contributed by atoms with Gasteiger partial charge in [-0.05, 0) is 51.5 Å². The molecule has 2 N–H and O–H groups in total. The zero-order valence-electron chi connectivity index (χ0n) is 17.7. The Bertz CT molecular complexity index is 739. The minimum atomic E-state index is -0.920. The lowest BCUT2D eigenvalue weighted by atomic mass is 9.78. The molecule has 0 aliphatic heterocycles. The third kappa shape index (κ3) is 4.75. The second-order valence-electron chi connectivity index (χ2n) is 7.78. The van der Waals surface area contributed by atoms with Crippen LogP contribution in [0.3, 0.4) is 0 Å². The molecule has 0 bridgehead atoms. The van der Waals surface area contributed by atoms with Crippen LogP contribution < -0.4 is 5.32 Å². The Hall–Kier alpha value is -2.31. The first-order chi connectivity index (χ1) is 13.2. The van der Waals surface area contributed by atoms with Gasteiger partial charge in [0.05, 0.1) is 12.2 Å². The van der Waals surface area contributed by atoms with Crippen LogP contribution in [0.25, 0.3) is 0 Å². The lowest BCUT2D eigenvalue weighted by molar-refractivity contribution is -0.130. The molecule has 156 valence electrons. The molecule has 0 aromatic carbocycles. The van der Waals surface area contributed by atoms with E-state index in [0.717, 1.165) is 12.8 Å². The van der Waals surface area contributed by atoms with Gasteiger partial charge in [0.25, 0.3) is 5.91 Å². The number of aromatic nitrogens is 1. The van der Waals surface area contributed by atoms with Gasteiger partial charge in [0.15, 0.2) is 6.10 Å². The molecule has 1 amide bonds. The number of aryl methyl sites for hydroxylation is 1. The van der Waals surface area contributed by atoms with Gasteiger partial charge in [0.1, 0.15) is 5.69 Å². The molecule has 0 unspecified atom stereocenters. The minimum Gasteiger partial charge on any atom is -0.461 e. The second kappa shape index (κ2) is 9.26. The van der Waals surface area contributed by atoms with Crippen molar-refractivity contribution in [2.75, 3.05) is 6.61 Å². The topological polar surface area (TPSA) is 97.5 Å². The highest BCUT2D eigenvalue weighted by molar-refractivity contribution is 5.99. The molecular weight excluding hydrogens is 360 g/mol. The molecule has 7 heteroatoms. The average Bonchev–Trinajstić information content (AvgIpc) is 2.93. The first-order valence-corrected chi connectivity index (χ1v) is 10.0. The van der Waals surface area contributed by atoms with Gasteiger partial charge in [-0.2, -0.15) is 0 Å². The smallest absolute Gasteiger partial charge is 0.355 e. The summed E-state index contributed by atoms with van der Waals surface area (Å²) < 4.78 is 10.4. The van der Waals surface area contributed by atoms with E-state index in [-0.39, 0.29) is 29.8 Å². The van der Waals surface area contributed by atoms with Gasteiger partial charge in [-0.3, -0.25) is 4.79 Å². The number of carbonyl (C=O) groups excluding carboxylic acids is 3. The first kappa shape index (κ1) is 22.0. The molecule has 0 saturated heterocycles.